The van der Waals surface area contributed by atoms with Crippen LogP contribution in [0.3, 0.4) is 0 Å². The molecule has 0 aliphatic rings. The quantitative estimate of drug-likeness (QED) is 0.566. The summed E-state index contributed by atoms with van der Waals surface area (Å²) in [5.41, 5.74) is 1.63. The molecule has 3 rings (SSSR count). The van der Waals surface area contributed by atoms with Crippen molar-refractivity contribution in [2.75, 3.05) is 6.54 Å². The molecule has 0 saturated carbocycles. The molecule has 1 aromatic heterocycles. The first-order valence-electron chi connectivity index (χ1n) is 10.4. The molecule has 1 heterocycles. The van der Waals surface area contributed by atoms with Crippen molar-refractivity contribution >= 4 is 16.8 Å². The van der Waals surface area contributed by atoms with Gasteiger partial charge in [0, 0.05) is 13.0 Å². The highest BCUT2D eigenvalue weighted by Gasteiger charge is 2.25. The largest absolute Gasteiger partial charge is 0.333 e. The van der Waals surface area contributed by atoms with Crippen LogP contribution < -0.4 is 5.56 Å². The predicted octanol–water partition coefficient (Wildman–Crippen LogP) is 4.54. The zero-order chi connectivity index (χ0) is 20.8. The second-order valence-electron chi connectivity index (χ2n) is 7.33. The fourth-order valence-corrected chi connectivity index (χ4v) is 3.63. The fraction of sp³-hybridized carbons (Fsp3) is 0.375. The van der Waals surface area contributed by atoms with E-state index < -0.39 is 0 Å². The number of hydrogen-bond acceptors (Lipinski definition) is 3. The standard InChI is InChI=1S/C24H29N3O2/c1-4-6-16-26(22(28)5-2)18(3)23-25-21-15-11-10-14-20(21)24(29)27(23)17-19-12-8-7-9-13-19/h7-15,18H,4-6,16-17H2,1-3H3. The number of benzene rings is 2. The van der Waals surface area contributed by atoms with E-state index in [1.807, 2.05) is 73.3 Å². The molecular weight excluding hydrogens is 362 g/mol. The molecule has 5 nitrogen and oxygen atoms in total. The van der Waals surface area contributed by atoms with Gasteiger partial charge in [0.1, 0.15) is 5.82 Å². The highest BCUT2D eigenvalue weighted by atomic mass is 16.2. The van der Waals surface area contributed by atoms with Gasteiger partial charge >= 0.3 is 0 Å². The Morgan fingerprint density at radius 3 is 2.45 bits per heavy atom. The lowest BCUT2D eigenvalue weighted by atomic mass is 10.1. The third kappa shape index (κ3) is 4.56. The normalized spacial score (nSPS) is 12.1. The van der Waals surface area contributed by atoms with E-state index >= 15 is 0 Å². The van der Waals surface area contributed by atoms with E-state index in [-0.39, 0.29) is 17.5 Å². The average Bonchev–Trinajstić information content (AvgIpc) is 2.76. The SMILES string of the molecule is CCCCN(C(=O)CC)C(C)c1nc2ccccc2c(=O)n1Cc1ccccc1. The van der Waals surface area contributed by atoms with E-state index in [9.17, 15) is 9.59 Å². The summed E-state index contributed by atoms with van der Waals surface area (Å²) in [4.78, 5) is 32.7. The van der Waals surface area contributed by atoms with Crippen molar-refractivity contribution in [3.05, 3.63) is 76.3 Å². The number of unbranched alkanes of at least 4 members (excludes halogenated alkanes) is 1. The molecule has 152 valence electrons. The maximum Gasteiger partial charge on any atom is 0.261 e. The molecule has 0 aliphatic carbocycles. The molecule has 0 fully saturated rings. The zero-order valence-electron chi connectivity index (χ0n) is 17.5. The summed E-state index contributed by atoms with van der Waals surface area (Å²) in [6.07, 6.45) is 2.36. The molecule has 0 saturated heterocycles. The molecule has 0 N–H and O–H groups in total. The predicted molar refractivity (Wildman–Crippen MR) is 117 cm³/mol. The number of fused-ring (bicyclic) bond motifs is 1. The zero-order valence-corrected chi connectivity index (χ0v) is 17.5. The van der Waals surface area contributed by atoms with Gasteiger partial charge in [-0.05, 0) is 31.0 Å². The lowest BCUT2D eigenvalue weighted by Gasteiger charge is -2.30. The maximum absolute atomic E-state index is 13.4. The summed E-state index contributed by atoms with van der Waals surface area (Å²) in [5.74, 6) is 0.718. The van der Waals surface area contributed by atoms with Gasteiger partial charge in [0.05, 0.1) is 23.5 Å². The van der Waals surface area contributed by atoms with Crippen molar-refractivity contribution in [1.82, 2.24) is 14.5 Å². The Morgan fingerprint density at radius 1 is 1.07 bits per heavy atom. The Kier molecular flexibility index (Phi) is 6.81. The van der Waals surface area contributed by atoms with E-state index in [2.05, 4.69) is 6.92 Å². The van der Waals surface area contributed by atoms with Gasteiger partial charge < -0.3 is 4.90 Å². The van der Waals surface area contributed by atoms with Crippen LogP contribution in [-0.4, -0.2) is 26.9 Å². The van der Waals surface area contributed by atoms with Crippen LogP contribution in [0, 0.1) is 0 Å². The lowest BCUT2D eigenvalue weighted by Crippen LogP contribution is -2.38. The molecule has 1 amide bonds. The Labute approximate surface area is 172 Å². The number of carbonyl (C=O) groups is 1. The summed E-state index contributed by atoms with van der Waals surface area (Å²) >= 11 is 0. The van der Waals surface area contributed by atoms with E-state index in [0.717, 1.165) is 18.4 Å². The molecule has 0 spiro atoms. The Hall–Kier alpha value is -2.95. The average molecular weight is 392 g/mol. The van der Waals surface area contributed by atoms with Crippen molar-refractivity contribution in [3.8, 4) is 0 Å². The Balaban J connectivity index is 2.14. The van der Waals surface area contributed by atoms with Gasteiger partial charge in [-0.1, -0.05) is 62.7 Å². The number of rotatable bonds is 8. The van der Waals surface area contributed by atoms with Gasteiger partial charge in [-0.2, -0.15) is 0 Å². The fourth-order valence-electron chi connectivity index (χ4n) is 3.63. The van der Waals surface area contributed by atoms with Crippen LogP contribution in [0.15, 0.2) is 59.4 Å². The van der Waals surface area contributed by atoms with E-state index in [4.69, 9.17) is 4.98 Å². The minimum absolute atomic E-state index is 0.0688. The second-order valence-corrected chi connectivity index (χ2v) is 7.33. The van der Waals surface area contributed by atoms with Crippen LogP contribution in [0.25, 0.3) is 10.9 Å². The monoisotopic (exact) mass is 391 g/mol. The highest BCUT2D eigenvalue weighted by Crippen LogP contribution is 2.22. The van der Waals surface area contributed by atoms with Crippen molar-refractivity contribution in [2.24, 2.45) is 0 Å². The van der Waals surface area contributed by atoms with E-state index in [0.29, 0.717) is 36.2 Å². The summed E-state index contributed by atoms with van der Waals surface area (Å²) in [7, 11) is 0. The number of aromatic nitrogens is 2. The van der Waals surface area contributed by atoms with Crippen molar-refractivity contribution in [3.63, 3.8) is 0 Å². The van der Waals surface area contributed by atoms with Gasteiger partial charge in [-0.15, -0.1) is 0 Å². The van der Waals surface area contributed by atoms with Gasteiger partial charge in [0.2, 0.25) is 5.91 Å². The van der Waals surface area contributed by atoms with Gasteiger partial charge in [-0.3, -0.25) is 14.2 Å². The molecule has 2 aromatic carbocycles. The topological polar surface area (TPSA) is 55.2 Å². The highest BCUT2D eigenvalue weighted by molar-refractivity contribution is 5.78. The van der Waals surface area contributed by atoms with Crippen LogP contribution in [-0.2, 0) is 11.3 Å². The Morgan fingerprint density at radius 2 is 1.76 bits per heavy atom. The third-order valence-electron chi connectivity index (χ3n) is 5.29. The van der Waals surface area contributed by atoms with Gasteiger partial charge in [0.15, 0.2) is 0 Å². The first-order chi connectivity index (χ1) is 14.1. The van der Waals surface area contributed by atoms with Crippen LogP contribution in [0.5, 0.6) is 0 Å². The van der Waals surface area contributed by atoms with Gasteiger partial charge in [0.25, 0.3) is 5.56 Å². The molecule has 1 unspecified atom stereocenters. The van der Waals surface area contributed by atoms with Crippen LogP contribution in [0.2, 0.25) is 0 Å². The smallest absolute Gasteiger partial charge is 0.261 e. The number of carbonyl (C=O) groups excluding carboxylic acids is 1. The minimum Gasteiger partial charge on any atom is -0.333 e. The summed E-state index contributed by atoms with van der Waals surface area (Å²) in [5, 5.41) is 0.598. The minimum atomic E-state index is -0.282. The molecule has 5 heteroatoms. The van der Waals surface area contributed by atoms with E-state index in [1.54, 1.807) is 4.57 Å². The Bertz CT molecular complexity index is 1030. The first-order valence-corrected chi connectivity index (χ1v) is 10.4. The van der Waals surface area contributed by atoms with E-state index in [1.165, 1.54) is 0 Å². The molecule has 1 atom stereocenters. The number of nitrogens with zero attached hydrogens (tertiary/aromatic N) is 3. The molecule has 3 aromatic rings. The summed E-state index contributed by atoms with van der Waals surface area (Å²) in [6.45, 7) is 7.05. The molecule has 0 aliphatic heterocycles. The maximum atomic E-state index is 13.4. The molecule has 0 bridgehead atoms. The van der Waals surface area contributed by atoms with Crippen LogP contribution >= 0.6 is 0 Å². The molecular formula is C24H29N3O2. The summed E-state index contributed by atoms with van der Waals surface area (Å²) in [6, 6.07) is 17.0. The summed E-state index contributed by atoms with van der Waals surface area (Å²) < 4.78 is 1.73. The van der Waals surface area contributed by atoms with Crippen LogP contribution in [0.4, 0.5) is 0 Å². The first kappa shape index (κ1) is 20.8. The third-order valence-corrected chi connectivity index (χ3v) is 5.29. The molecule has 0 radical (unpaired) electrons. The van der Waals surface area contributed by atoms with Gasteiger partial charge in [-0.25, -0.2) is 4.98 Å². The van der Waals surface area contributed by atoms with Crippen LogP contribution in [0.1, 0.15) is 57.5 Å². The lowest BCUT2D eigenvalue weighted by molar-refractivity contribution is -0.133. The number of amides is 1. The van der Waals surface area contributed by atoms with Crippen molar-refractivity contribution in [2.45, 2.75) is 52.6 Å². The molecule has 29 heavy (non-hydrogen) atoms. The van der Waals surface area contributed by atoms with Crippen molar-refractivity contribution in [1.29, 1.82) is 0 Å². The number of para-hydroxylation sites is 1. The number of hydrogen-bond donors (Lipinski definition) is 0. The second kappa shape index (κ2) is 9.50. The van der Waals surface area contributed by atoms with Crippen molar-refractivity contribution < 1.29 is 4.79 Å².